The monoisotopic (exact) mass is 573 g/mol. The normalized spacial score (nSPS) is 20.0. The molecule has 4 aromatic rings. The van der Waals surface area contributed by atoms with Gasteiger partial charge in [0.05, 0.1) is 12.2 Å². The van der Waals surface area contributed by atoms with Gasteiger partial charge in [-0.15, -0.1) is 0 Å². The first-order valence-corrected chi connectivity index (χ1v) is 12.7. The predicted molar refractivity (Wildman–Crippen MR) is 137 cm³/mol. The van der Waals surface area contributed by atoms with Gasteiger partial charge >= 0.3 is 6.18 Å². The Bertz CT molecular complexity index is 1690. The molecule has 2 aromatic carbocycles. The van der Waals surface area contributed by atoms with E-state index < -0.39 is 59.5 Å². The number of hydrogen-bond donors (Lipinski definition) is 3. The Morgan fingerprint density at radius 2 is 1.90 bits per heavy atom. The summed E-state index contributed by atoms with van der Waals surface area (Å²) in [5.74, 6) is -2.64. The van der Waals surface area contributed by atoms with Crippen molar-refractivity contribution in [2.45, 2.75) is 30.2 Å². The lowest BCUT2D eigenvalue weighted by molar-refractivity contribution is -0.191. The third-order valence-corrected chi connectivity index (χ3v) is 7.67. The van der Waals surface area contributed by atoms with Crippen LogP contribution in [0.4, 0.5) is 22.0 Å². The highest BCUT2D eigenvalue weighted by Crippen LogP contribution is 2.52. The number of ether oxygens (including phenoxy) is 1. The molecule has 0 saturated heterocycles. The lowest BCUT2D eigenvalue weighted by Crippen LogP contribution is -2.52. The Hall–Kier alpha value is -4.10. The average molecular weight is 574 g/mol. The Balaban J connectivity index is 1.40. The second-order valence-corrected chi connectivity index (χ2v) is 10.6. The van der Waals surface area contributed by atoms with Gasteiger partial charge in [0.25, 0.3) is 5.91 Å². The molecule has 13 heteroatoms. The minimum Gasteiger partial charge on any atom is -0.488 e. The first-order valence-electron chi connectivity index (χ1n) is 12.7. The van der Waals surface area contributed by atoms with E-state index in [1.807, 2.05) is 0 Å². The molecule has 2 aromatic heterocycles. The standard InChI is InChI=1S/C28H24F5N5O3/c1-38-11-16-8-15(9-20(30)22(16)37-38)25(39)35-12-26(40,17-4-5-17)21-10-19-24(41-13-27(19,34)28(31,32)33)23(36-21)14-2-6-18(29)7-3-14/h2-3,6-11,17,40H,4-5,12-13,34H2,1H3,(H,35,39)/t26?,27-/m0/s1. The lowest BCUT2D eigenvalue weighted by Gasteiger charge is -2.31. The molecular formula is C28H24F5N5O3. The Morgan fingerprint density at radius 1 is 1.20 bits per heavy atom. The number of hydrogen-bond acceptors (Lipinski definition) is 6. The van der Waals surface area contributed by atoms with Gasteiger partial charge in [0.1, 0.15) is 29.2 Å². The number of fused-ring (bicyclic) bond motifs is 2. The van der Waals surface area contributed by atoms with Gasteiger partial charge in [-0.25, -0.2) is 13.8 Å². The maximum Gasteiger partial charge on any atom is 0.414 e. The highest BCUT2D eigenvalue weighted by Gasteiger charge is 2.59. The van der Waals surface area contributed by atoms with Crippen molar-refractivity contribution < 1.29 is 36.6 Å². The topological polar surface area (TPSA) is 115 Å². The van der Waals surface area contributed by atoms with E-state index in [-0.39, 0.29) is 33.8 Å². The summed E-state index contributed by atoms with van der Waals surface area (Å²) in [5, 5.41) is 18.9. The SMILES string of the molecule is Cn1cc2cc(C(=O)NCC(O)(c3cc4c(c(-c5ccc(F)cc5)n3)OC[C@@]4(N)C(F)(F)F)C3CC3)cc(F)c2n1. The Labute approximate surface area is 229 Å². The van der Waals surface area contributed by atoms with Crippen molar-refractivity contribution >= 4 is 16.8 Å². The molecule has 1 unspecified atom stereocenters. The average Bonchev–Trinajstić information content (AvgIpc) is 3.63. The van der Waals surface area contributed by atoms with E-state index in [1.165, 1.54) is 22.9 Å². The quantitative estimate of drug-likeness (QED) is 0.300. The number of nitrogens with one attached hydrogen (secondary N) is 1. The molecule has 8 nitrogen and oxygen atoms in total. The van der Waals surface area contributed by atoms with Crippen molar-refractivity contribution in [3.05, 3.63) is 77.1 Å². The van der Waals surface area contributed by atoms with Gasteiger partial charge in [-0.3, -0.25) is 9.48 Å². The number of carbonyl (C=O) groups excluding carboxylic acids is 1. The summed E-state index contributed by atoms with van der Waals surface area (Å²) in [6.07, 6.45) is -2.31. The number of pyridine rings is 1. The van der Waals surface area contributed by atoms with Crippen molar-refractivity contribution in [3.8, 4) is 17.0 Å². The number of nitrogens with zero attached hydrogens (tertiary/aromatic N) is 3. The number of halogens is 5. The number of nitrogens with two attached hydrogens (primary N) is 1. The largest absolute Gasteiger partial charge is 0.488 e. The predicted octanol–water partition coefficient (Wildman–Crippen LogP) is 4.05. The molecule has 0 radical (unpaired) electrons. The van der Waals surface area contributed by atoms with Crippen LogP contribution in [0.3, 0.4) is 0 Å². The molecule has 3 heterocycles. The molecule has 1 fully saturated rings. The maximum atomic E-state index is 14.6. The molecule has 4 N–H and O–H groups in total. The van der Waals surface area contributed by atoms with E-state index in [0.29, 0.717) is 18.2 Å². The third kappa shape index (κ3) is 4.49. The maximum absolute atomic E-state index is 14.6. The lowest BCUT2D eigenvalue weighted by atomic mass is 9.86. The Morgan fingerprint density at radius 3 is 2.56 bits per heavy atom. The molecule has 1 aliphatic carbocycles. The number of amides is 1. The fourth-order valence-electron chi connectivity index (χ4n) is 5.20. The summed E-state index contributed by atoms with van der Waals surface area (Å²) in [7, 11) is 1.61. The number of aryl methyl sites for hydroxylation is 1. The summed E-state index contributed by atoms with van der Waals surface area (Å²) >= 11 is 0. The summed E-state index contributed by atoms with van der Waals surface area (Å²) in [6.45, 7) is -1.34. The smallest absolute Gasteiger partial charge is 0.414 e. The van der Waals surface area contributed by atoms with Crippen LogP contribution in [0.1, 0.15) is 34.5 Å². The zero-order valence-corrected chi connectivity index (χ0v) is 21.6. The van der Waals surface area contributed by atoms with E-state index in [0.717, 1.165) is 24.3 Å². The Kier molecular flexibility index (Phi) is 6.09. The van der Waals surface area contributed by atoms with E-state index in [1.54, 1.807) is 13.2 Å². The summed E-state index contributed by atoms with van der Waals surface area (Å²) in [4.78, 5) is 17.5. The van der Waals surface area contributed by atoms with Gasteiger partial charge < -0.3 is 20.9 Å². The molecule has 0 spiro atoms. The second-order valence-electron chi connectivity index (χ2n) is 10.6. The molecule has 214 valence electrons. The van der Waals surface area contributed by atoms with Gasteiger partial charge in [-0.1, -0.05) is 0 Å². The van der Waals surface area contributed by atoms with Gasteiger partial charge in [0.2, 0.25) is 0 Å². The number of aliphatic hydroxyl groups is 1. The fraction of sp³-hybridized carbons (Fsp3) is 0.321. The summed E-state index contributed by atoms with van der Waals surface area (Å²) in [6, 6.07) is 8.43. The van der Waals surface area contributed by atoms with E-state index >= 15 is 0 Å². The van der Waals surface area contributed by atoms with Gasteiger partial charge in [0, 0.05) is 35.3 Å². The minimum absolute atomic E-state index is 0.0264. The third-order valence-electron chi connectivity index (χ3n) is 7.67. The van der Waals surface area contributed by atoms with Gasteiger partial charge in [0.15, 0.2) is 17.1 Å². The van der Waals surface area contributed by atoms with Crippen LogP contribution >= 0.6 is 0 Å². The number of rotatable bonds is 6. The van der Waals surface area contributed by atoms with Crippen molar-refractivity contribution in [1.29, 1.82) is 0 Å². The molecule has 0 bridgehead atoms. The molecule has 2 aliphatic rings. The zero-order valence-electron chi connectivity index (χ0n) is 21.6. The number of benzene rings is 2. The molecule has 1 amide bonds. The van der Waals surface area contributed by atoms with Crippen LogP contribution in [0.2, 0.25) is 0 Å². The number of carbonyl (C=O) groups is 1. The zero-order chi connectivity index (χ0) is 29.3. The van der Waals surface area contributed by atoms with Crippen LogP contribution in [0.25, 0.3) is 22.2 Å². The van der Waals surface area contributed by atoms with Crippen LogP contribution < -0.4 is 15.8 Å². The highest BCUT2D eigenvalue weighted by molar-refractivity contribution is 5.98. The molecule has 1 aliphatic heterocycles. The van der Waals surface area contributed by atoms with Crippen molar-refractivity contribution in [1.82, 2.24) is 20.1 Å². The second kappa shape index (κ2) is 9.21. The van der Waals surface area contributed by atoms with Crippen LogP contribution in [0.15, 0.2) is 48.7 Å². The summed E-state index contributed by atoms with van der Waals surface area (Å²) < 4.78 is 77.5. The molecule has 1 saturated carbocycles. The van der Waals surface area contributed by atoms with Crippen LogP contribution in [0, 0.1) is 17.6 Å². The minimum atomic E-state index is -4.90. The van der Waals surface area contributed by atoms with E-state index in [9.17, 15) is 31.9 Å². The number of aromatic nitrogens is 3. The van der Waals surface area contributed by atoms with Crippen molar-refractivity contribution in [2.24, 2.45) is 18.7 Å². The molecule has 2 atom stereocenters. The van der Waals surface area contributed by atoms with Crippen LogP contribution in [-0.2, 0) is 18.2 Å². The van der Waals surface area contributed by atoms with Crippen molar-refractivity contribution in [3.63, 3.8) is 0 Å². The number of alkyl halides is 3. The fourth-order valence-corrected chi connectivity index (χ4v) is 5.20. The molecule has 6 rings (SSSR count). The van der Waals surface area contributed by atoms with E-state index in [2.05, 4.69) is 15.4 Å². The molecule has 41 heavy (non-hydrogen) atoms. The highest BCUT2D eigenvalue weighted by atomic mass is 19.4. The first kappa shape index (κ1) is 27.1. The van der Waals surface area contributed by atoms with Crippen LogP contribution in [-0.4, -0.2) is 45.1 Å². The van der Waals surface area contributed by atoms with Crippen LogP contribution in [0.5, 0.6) is 5.75 Å². The first-order chi connectivity index (χ1) is 19.3. The summed E-state index contributed by atoms with van der Waals surface area (Å²) in [5.41, 5.74) is 0.740. The van der Waals surface area contributed by atoms with Gasteiger partial charge in [-0.2, -0.15) is 18.3 Å². The molecular weight excluding hydrogens is 549 g/mol. The van der Waals surface area contributed by atoms with Crippen molar-refractivity contribution in [2.75, 3.05) is 13.2 Å². The van der Waals surface area contributed by atoms with Gasteiger partial charge in [-0.05, 0) is 61.2 Å². The van der Waals surface area contributed by atoms with E-state index in [4.69, 9.17) is 10.5 Å².